The fourth-order valence-corrected chi connectivity index (χ4v) is 3.91. The van der Waals surface area contributed by atoms with E-state index in [1.54, 1.807) is 12.1 Å². The molecule has 0 bridgehead atoms. The number of benzene rings is 2. The topological polar surface area (TPSA) is 97.3 Å². The normalized spacial score (nSPS) is 17.6. The molecule has 33 heavy (non-hydrogen) atoms. The van der Waals surface area contributed by atoms with E-state index in [0.717, 1.165) is 11.8 Å². The van der Waals surface area contributed by atoms with Crippen LogP contribution in [0.2, 0.25) is 0 Å². The lowest BCUT2D eigenvalue weighted by atomic mass is 10.2. The summed E-state index contributed by atoms with van der Waals surface area (Å²) in [6.07, 6.45) is -0.0379. The van der Waals surface area contributed by atoms with Crippen LogP contribution in [0.4, 0.5) is 20.2 Å². The van der Waals surface area contributed by atoms with E-state index < -0.39 is 22.7 Å². The Labute approximate surface area is 196 Å². The molecule has 1 heterocycles. The van der Waals surface area contributed by atoms with Gasteiger partial charge in [-0.2, -0.15) is 0 Å². The minimum absolute atomic E-state index is 0.0379. The second kappa shape index (κ2) is 10.2. The molecule has 0 radical (unpaired) electrons. The molecule has 1 atom stereocenters. The highest BCUT2D eigenvalue weighted by molar-refractivity contribution is 8.15. The molecule has 12 heteroatoms. The Kier molecular flexibility index (Phi) is 7.54. The van der Waals surface area contributed by atoms with Crippen molar-refractivity contribution in [2.45, 2.75) is 17.2 Å². The van der Waals surface area contributed by atoms with E-state index in [1.807, 2.05) is 0 Å². The third kappa shape index (κ3) is 6.65. The standard InChI is InChI=1S/C21H18ClF2N3O5S/c1-27-17(28)11-16(18(29)25-13-5-3-12(4-6-13)19(30)31-2)33-20(27)26-14-7-9-15(10-8-14)32-21(22,23)24/h3-10,16H,11H2,1-2H3,(H,25,29)/t16-/m0/s1. The molecule has 2 aromatic rings. The van der Waals surface area contributed by atoms with Crippen LogP contribution in [0.15, 0.2) is 53.5 Å². The van der Waals surface area contributed by atoms with Crippen LogP contribution in [0.1, 0.15) is 16.8 Å². The van der Waals surface area contributed by atoms with Gasteiger partial charge in [-0.25, -0.2) is 9.79 Å². The summed E-state index contributed by atoms with van der Waals surface area (Å²) >= 11 is 5.83. The number of nitrogens with one attached hydrogen (secondary N) is 1. The lowest BCUT2D eigenvalue weighted by molar-refractivity contribution is -0.128. The average Bonchev–Trinajstić information content (AvgIpc) is 2.77. The summed E-state index contributed by atoms with van der Waals surface area (Å²) in [6, 6.07) is 11.5. The molecule has 0 aliphatic carbocycles. The van der Waals surface area contributed by atoms with Crippen molar-refractivity contribution in [3.8, 4) is 5.75 Å². The molecule has 8 nitrogen and oxygen atoms in total. The summed E-state index contributed by atoms with van der Waals surface area (Å²) < 4.78 is 34.3. The van der Waals surface area contributed by atoms with Crippen LogP contribution in [-0.4, -0.2) is 52.8 Å². The predicted octanol–water partition coefficient (Wildman–Crippen LogP) is 4.23. The number of amides is 2. The molecule has 1 aliphatic heterocycles. The van der Waals surface area contributed by atoms with Crippen LogP contribution in [0.3, 0.4) is 0 Å². The first-order valence-electron chi connectivity index (χ1n) is 9.42. The van der Waals surface area contributed by atoms with Crippen LogP contribution in [-0.2, 0) is 14.3 Å². The highest BCUT2D eigenvalue weighted by Crippen LogP contribution is 2.31. The van der Waals surface area contributed by atoms with Gasteiger partial charge in [-0.05, 0) is 48.5 Å². The van der Waals surface area contributed by atoms with Gasteiger partial charge < -0.3 is 14.8 Å². The second-order valence-corrected chi connectivity index (χ2v) is 8.37. The van der Waals surface area contributed by atoms with Crippen LogP contribution in [0.5, 0.6) is 5.75 Å². The number of thioether (sulfide) groups is 1. The number of nitrogens with zero attached hydrogens (tertiary/aromatic N) is 2. The number of esters is 1. The third-order valence-corrected chi connectivity index (χ3v) is 5.75. The fourth-order valence-electron chi connectivity index (χ4n) is 2.76. The van der Waals surface area contributed by atoms with Crippen molar-refractivity contribution in [3.05, 3.63) is 54.1 Å². The van der Waals surface area contributed by atoms with Crippen LogP contribution in [0, 0.1) is 0 Å². The number of ether oxygens (including phenoxy) is 2. The number of amidine groups is 1. The van der Waals surface area contributed by atoms with Crippen molar-refractivity contribution in [1.29, 1.82) is 0 Å². The lowest BCUT2D eigenvalue weighted by Crippen LogP contribution is -2.43. The maximum Gasteiger partial charge on any atom is 0.487 e. The second-order valence-electron chi connectivity index (χ2n) is 6.76. The number of rotatable bonds is 6. The van der Waals surface area contributed by atoms with E-state index in [4.69, 9.17) is 11.6 Å². The monoisotopic (exact) mass is 497 g/mol. The number of hydrogen-bond donors (Lipinski definition) is 1. The van der Waals surface area contributed by atoms with Gasteiger partial charge in [0.1, 0.15) is 11.0 Å². The van der Waals surface area contributed by atoms with E-state index in [9.17, 15) is 23.2 Å². The van der Waals surface area contributed by atoms with Crippen molar-refractivity contribution < 1.29 is 32.6 Å². The maximum atomic E-state index is 12.7. The summed E-state index contributed by atoms with van der Waals surface area (Å²) in [4.78, 5) is 42.3. The Hall–Kier alpha value is -3.18. The summed E-state index contributed by atoms with van der Waals surface area (Å²) in [5.41, 5.74) is -2.69. The number of hydrogen-bond acceptors (Lipinski definition) is 7. The summed E-state index contributed by atoms with van der Waals surface area (Å²) in [5, 5.41) is 2.23. The van der Waals surface area contributed by atoms with Crippen molar-refractivity contribution >= 4 is 57.7 Å². The average molecular weight is 498 g/mol. The number of carbonyl (C=O) groups excluding carboxylic acids is 3. The zero-order chi connectivity index (χ0) is 24.2. The molecule has 0 aromatic heterocycles. The van der Waals surface area contributed by atoms with Crippen molar-refractivity contribution in [2.24, 2.45) is 4.99 Å². The first-order valence-corrected chi connectivity index (χ1v) is 10.7. The van der Waals surface area contributed by atoms with E-state index in [1.165, 1.54) is 55.5 Å². The maximum absolute atomic E-state index is 12.7. The SMILES string of the molecule is COC(=O)c1ccc(NC(=O)[C@@H]2CC(=O)N(C)C(=Nc3ccc(OC(F)(F)Cl)cc3)S2)cc1. The largest absolute Gasteiger partial charge is 0.487 e. The van der Waals surface area contributed by atoms with E-state index in [-0.39, 0.29) is 23.2 Å². The summed E-state index contributed by atoms with van der Waals surface area (Å²) in [5.74, 6) is -1.38. The minimum atomic E-state index is -3.83. The zero-order valence-electron chi connectivity index (χ0n) is 17.4. The first-order chi connectivity index (χ1) is 15.6. The van der Waals surface area contributed by atoms with Gasteiger partial charge in [0.05, 0.1) is 18.4 Å². The molecule has 1 saturated heterocycles. The Balaban J connectivity index is 1.70. The molecule has 174 valence electrons. The van der Waals surface area contributed by atoms with E-state index in [0.29, 0.717) is 16.9 Å². The molecular formula is C21H18ClF2N3O5S. The smallest absolute Gasteiger partial charge is 0.465 e. The van der Waals surface area contributed by atoms with Gasteiger partial charge >= 0.3 is 11.5 Å². The van der Waals surface area contributed by atoms with Gasteiger partial charge in [-0.3, -0.25) is 14.5 Å². The number of halogens is 3. The highest BCUT2D eigenvalue weighted by Gasteiger charge is 2.34. The third-order valence-electron chi connectivity index (χ3n) is 4.43. The molecule has 0 saturated carbocycles. The number of anilines is 1. The van der Waals surface area contributed by atoms with Gasteiger partial charge in [0.15, 0.2) is 5.17 Å². The van der Waals surface area contributed by atoms with Crippen molar-refractivity contribution in [1.82, 2.24) is 4.90 Å². The molecular weight excluding hydrogens is 480 g/mol. The van der Waals surface area contributed by atoms with Gasteiger partial charge in [0, 0.05) is 30.8 Å². The van der Waals surface area contributed by atoms with Gasteiger partial charge in [-0.1, -0.05) is 11.8 Å². The minimum Gasteiger partial charge on any atom is -0.465 e. The van der Waals surface area contributed by atoms with Gasteiger partial charge in [0.2, 0.25) is 11.8 Å². The number of aliphatic imine (C=N–C) groups is 1. The number of alkyl halides is 3. The Bertz CT molecular complexity index is 1070. The number of methoxy groups -OCH3 is 1. The zero-order valence-corrected chi connectivity index (χ0v) is 19.0. The molecule has 1 fully saturated rings. The number of carbonyl (C=O) groups is 3. The Morgan fingerprint density at radius 2 is 1.82 bits per heavy atom. The van der Waals surface area contributed by atoms with Crippen molar-refractivity contribution in [2.75, 3.05) is 19.5 Å². The van der Waals surface area contributed by atoms with E-state index in [2.05, 4.69) is 19.8 Å². The lowest BCUT2D eigenvalue weighted by Gasteiger charge is -2.28. The molecule has 2 amide bonds. The highest BCUT2D eigenvalue weighted by atomic mass is 35.5. The summed E-state index contributed by atoms with van der Waals surface area (Å²) in [6.45, 7) is 0. The molecule has 1 N–H and O–H groups in total. The Morgan fingerprint density at radius 1 is 1.18 bits per heavy atom. The van der Waals surface area contributed by atoms with Crippen LogP contribution in [0.25, 0.3) is 0 Å². The molecule has 2 aromatic carbocycles. The quantitative estimate of drug-likeness (QED) is 0.474. The van der Waals surface area contributed by atoms with Crippen LogP contribution < -0.4 is 10.1 Å². The molecule has 1 aliphatic rings. The molecule has 0 unspecified atom stereocenters. The van der Waals surface area contributed by atoms with Crippen LogP contribution >= 0.6 is 23.4 Å². The van der Waals surface area contributed by atoms with Gasteiger partial charge in [-0.15, -0.1) is 8.78 Å². The van der Waals surface area contributed by atoms with Gasteiger partial charge in [0.25, 0.3) is 0 Å². The molecule has 3 rings (SSSR count). The first kappa shape index (κ1) is 24.5. The Morgan fingerprint density at radius 3 is 2.39 bits per heavy atom. The molecule has 0 spiro atoms. The fraction of sp³-hybridized carbons (Fsp3) is 0.238. The van der Waals surface area contributed by atoms with Crippen molar-refractivity contribution in [3.63, 3.8) is 0 Å². The van der Waals surface area contributed by atoms with E-state index >= 15 is 0 Å². The predicted molar refractivity (Wildman–Crippen MR) is 120 cm³/mol. The summed E-state index contributed by atoms with van der Waals surface area (Å²) in [7, 11) is 2.80.